The summed E-state index contributed by atoms with van der Waals surface area (Å²) in [5.74, 6) is 1.03. The molecule has 0 saturated heterocycles. The number of phenolic OH excluding ortho intramolecular Hbond substituents is 1. The molecule has 0 unspecified atom stereocenters. The van der Waals surface area contributed by atoms with Crippen LogP contribution in [0.4, 0.5) is 0 Å². The van der Waals surface area contributed by atoms with Gasteiger partial charge in [0.15, 0.2) is 5.82 Å². The van der Waals surface area contributed by atoms with Crippen molar-refractivity contribution in [3.63, 3.8) is 0 Å². The van der Waals surface area contributed by atoms with Crippen molar-refractivity contribution in [2.75, 3.05) is 14.1 Å². The highest BCUT2D eigenvalue weighted by Crippen LogP contribution is 2.30. The first-order valence-corrected chi connectivity index (χ1v) is 5.82. The van der Waals surface area contributed by atoms with Crippen LogP contribution < -0.4 is 0 Å². The summed E-state index contributed by atoms with van der Waals surface area (Å²) in [5, 5.41) is 13.6. The fraction of sp³-hybridized carbons (Fsp3) is 0.273. The zero-order valence-corrected chi connectivity index (χ0v) is 11.1. The molecular weight excluding hydrogens is 286 g/mol. The van der Waals surface area contributed by atoms with Crippen LogP contribution in [0.5, 0.6) is 5.75 Å². The van der Waals surface area contributed by atoms with E-state index in [1.807, 2.05) is 25.1 Å². The van der Waals surface area contributed by atoms with E-state index < -0.39 is 0 Å². The van der Waals surface area contributed by atoms with Gasteiger partial charge in [0.25, 0.3) is 5.89 Å². The molecule has 2 rings (SSSR count). The highest BCUT2D eigenvalue weighted by atomic mass is 79.9. The highest BCUT2D eigenvalue weighted by Gasteiger charge is 2.13. The Balaban J connectivity index is 2.30. The fourth-order valence-corrected chi connectivity index (χ4v) is 1.75. The lowest BCUT2D eigenvalue weighted by Crippen LogP contribution is -2.11. The van der Waals surface area contributed by atoms with Crippen LogP contribution in [-0.4, -0.2) is 34.2 Å². The van der Waals surface area contributed by atoms with Crippen molar-refractivity contribution in [1.82, 2.24) is 15.0 Å². The fourth-order valence-electron chi connectivity index (χ4n) is 1.40. The molecule has 0 bridgehead atoms. The van der Waals surface area contributed by atoms with Gasteiger partial charge in [-0.1, -0.05) is 21.1 Å². The Morgan fingerprint density at radius 2 is 2.18 bits per heavy atom. The van der Waals surface area contributed by atoms with Crippen molar-refractivity contribution in [3.05, 3.63) is 28.5 Å². The summed E-state index contributed by atoms with van der Waals surface area (Å²) in [5.41, 5.74) is 0.533. The monoisotopic (exact) mass is 297 g/mol. The molecule has 6 heteroatoms. The minimum absolute atomic E-state index is 0.111. The normalized spacial score (nSPS) is 11.1. The van der Waals surface area contributed by atoms with Crippen LogP contribution in [-0.2, 0) is 6.54 Å². The van der Waals surface area contributed by atoms with Gasteiger partial charge in [0, 0.05) is 4.47 Å². The molecule has 0 saturated carbocycles. The molecule has 0 fully saturated rings. The molecule has 0 aliphatic heterocycles. The zero-order chi connectivity index (χ0) is 12.4. The van der Waals surface area contributed by atoms with E-state index in [4.69, 9.17) is 4.52 Å². The Bertz CT molecular complexity index is 525. The van der Waals surface area contributed by atoms with Crippen LogP contribution in [0.3, 0.4) is 0 Å². The summed E-state index contributed by atoms with van der Waals surface area (Å²) < 4.78 is 5.91. The molecule has 1 aromatic carbocycles. The van der Waals surface area contributed by atoms with E-state index in [0.717, 1.165) is 4.47 Å². The third kappa shape index (κ3) is 2.83. The second kappa shape index (κ2) is 4.85. The van der Waals surface area contributed by atoms with Crippen LogP contribution in [0.2, 0.25) is 0 Å². The first-order chi connectivity index (χ1) is 8.06. The molecule has 2 aromatic rings. The number of hydrogen-bond donors (Lipinski definition) is 1. The molecular formula is C11H12BrN3O2. The lowest BCUT2D eigenvalue weighted by atomic mass is 10.2. The van der Waals surface area contributed by atoms with Crippen LogP contribution in [0, 0.1) is 0 Å². The molecule has 0 atom stereocenters. The lowest BCUT2D eigenvalue weighted by molar-refractivity contribution is 0.365. The minimum Gasteiger partial charge on any atom is -0.507 e. The maximum absolute atomic E-state index is 9.77. The molecule has 0 radical (unpaired) electrons. The first-order valence-electron chi connectivity index (χ1n) is 5.02. The van der Waals surface area contributed by atoms with E-state index in [0.29, 0.717) is 23.8 Å². The summed E-state index contributed by atoms with van der Waals surface area (Å²) in [6.45, 7) is 0.598. The van der Waals surface area contributed by atoms with Crippen LogP contribution >= 0.6 is 15.9 Å². The molecule has 0 aliphatic carbocycles. The molecule has 1 N–H and O–H groups in total. The Labute approximate surface area is 107 Å². The van der Waals surface area contributed by atoms with Gasteiger partial charge in [0.05, 0.1) is 12.1 Å². The summed E-state index contributed by atoms with van der Waals surface area (Å²) in [7, 11) is 3.85. The number of halogens is 1. The second-order valence-corrected chi connectivity index (χ2v) is 4.83. The number of hydrogen-bond acceptors (Lipinski definition) is 5. The van der Waals surface area contributed by atoms with E-state index in [-0.39, 0.29) is 5.75 Å². The largest absolute Gasteiger partial charge is 0.507 e. The predicted octanol–water partition coefficient (Wildman–Crippen LogP) is 2.27. The SMILES string of the molecule is CN(C)Cc1noc(-c2ccc(Br)cc2O)n1. The average molecular weight is 298 g/mol. The van der Waals surface area contributed by atoms with E-state index >= 15 is 0 Å². The molecule has 1 heterocycles. The Kier molecular flexibility index (Phi) is 3.44. The molecule has 1 aromatic heterocycles. The average Bonchev–Trinajstić information content (AvgIpc) is 2.65. The highest BCUT2D eigenvalue weighted by molar-refractivity contribution is 9.10. The van der Waals surface area contributed by atoms with Crippen molar-refractivity contribution < 1.29 is 9.63 Å². The molecule has 0 spiro atoms. The molecule has 0 aliphatic rings. The van der Waals surface area contributed by atoms with Gasteiger partial charge >= 0.3 is 0 Å². The third-order valence-electron chi connectivity index (χ3n) is 2.12. The van der Waals surface area contributed by atoms with Gasteiger partial charge in [-0.2, -0.15) is 4.98 Å². The summed E-state index contributed by atoms with van der Waals surface area (Å²) in [6, 6.07) is 5.13. The Morgan fingerprint density at radius 3 is 2.82 bits per heavy atom. The topological polar surface area (TPSA) is 62.4 Å². The van der Waals surface area contributed by atoms with Crippen molar-refractivity contribution >= 4 is 15.9 Å². The van der Waals surface area contributed by atoms with E-state index in [1.165, 1.54) is 0 Å². The van der Waals surface area contributed by atoms with Crippen molar-refractivity contribution in [3.8, 4) is 17.2 Å². The zero-order valence-electron chi connectivity index (χ0n) is 9.51. The first kappa shape index (κ1) is 12.1. The quantitative estimate of drug-likeness (QED) is 0.941. The van der Waals surface area contributed by atoms with Gasteiger partial charge in [-0.05, 0) is 32.3 Å². The maximum Gasteiger partial charge on any atom is 0.261 e. The van der Waals surface area contributed by atoms with E-state index in [2.05, 4.69) is 26.1 Å². The Morgan fingerprint density at radius 1 is 1.41 bits per heavy atom. The maximum atomic E-state index is 9.77. The van der Waals surface area contributed by atoms with Gasteiger partial charge in [-0.15, -0.1) is 0 Å². The van der Waals surface area contributed by atoms with Crippen molar-refractivity contribution in [2.45, 2.75) is 6.54 Å². The summed E-state index contributed by atoms with van der Waals surface area (Å²) >= 11 is 3.27. The number of rotatable bonds is 3. The lowest BCUT2D eigenvalue weighted by Gasteiger charge is -2.03. The van der Waals surface area contributed by atoms with Crippen LogP contribution in [0.15, 0.2) is 27.2 Å². The Hall–Kier alpha value is -1.40. The smallest absolute Gasteiger partial charge is 0.261 e. The molecule has 0 amide bonds. The number of aromatic nitrogens is 2. The predicted molar refractivity (Wildman–Crippen MR) is 66.5 cm³/mol. The van der Waals surface area contributed by atoms with Gasteiger partial charge in [-0.25, -0.2) is 0 Å². The summed E-state index contributed by atoms with van der Waals surface area (Å²) in [6.07, 6.45) is 0. The van der Waals surface area contributed by atoms with Gasteiger partial charge < -0.3 is 14.5 Å². The number of aromatic hydroxyl groups is 1. The van der Waals surface area contributed by atoms with Crippen LogP contribution in [0.25, 0.3) is 11.5 Å². The molecule has 90 valence electrons. The van der Waals surface area contributed by atoms with Gasteiger partial charge in [-0.3, -0.25) is 0 Å². The number of nitrogens with zero attached hydrogens (tertiary/aromatic N) is 3. The van der Waals surface area contributed by atoms with E-state index in [1.54, 1.807) is 12.1 Å². The van der Waals surface area contributed by atoms with E-state index in [9.17, 15) is 5.11 Å². The third-order valence-corrected chi connectivity index (χ3v) is 2.61. The molecule has 17 heavy (non-hydrogen) atoms. The minimum atomic E-state index is 0.111. The van der Waals surface area contributed by atoms with Crippen LogP contribution in [0.1, 0.15) is 5.82 Å². The van der Waals surface area contributed by atoms with Crippen molar-refractivity contribution in [2.24, 2.45) is 0 Å². The molecule has 5 nitrogen and oxygen atoms in total. The summed E-state index contributed by atoms with van der Waals surface area (Å²) in [4.78, 5) is 6.16. The van der Waals surface area contributed by atoms with Gasteiger partial charge in [0.2, 0.25) is 0 Å². The standard InChI is InChI=1S/C11H12BrN3O2/c1-15(2)6-10-13-11(17-14-10)8-4-3-7(12)5-9(8)16/h3-5,16H,6H2,1-2H3. The number of phenols is 1. The van der Waals surface area contributed by atoms with Gasteiger partial charge in [0.1, 0.15) is 5.75 Å². The van der Waals surface area contributed by atoms with Crippen molar-refractivity contribution in [1.29, 1.82) is 0 Å². The number of benzene rings is 1. The second-order valence-electron chi connectivity index (χ2n) is 3.92.